The number of benzene rings is 1. The summed E-state index contributed by atoms with van der Waals surface area (Å²) in [7, 11) is 0. The summed E-state index contributed by atoms with van der Waals surface area (Å²) in [5, 5.41) is 7.06. The molecule has 0 aliphatic heterocycles. The van der Waals surface area contributed by atoms with Gasteiger partial charge in [-0.2, -0.15) is 0 Å². The fourth-order valence-corrected chi connectivity index (χ4v) is 1.64. The molecule has 0 spiro atoms. The van der Waals surface area contributed by atoms with Crippen LogP contribution in [0.25, 0.3) is 0 Å². The second kappa shape index (κ2) is 11.0. The van der Waals surface area contributed by atoms with E-state index in [2.05, 4.69) is 15.6 Å². The minimum Gasteiger partial charge on any atom is -0.489 e. The van der Waals surface area contributed by atoms with Crippen molar-refractivity contribution in [2.45, 2.75) is 26.9 Å². The molecule has 1 unspecified atom stereocenters. The number of guanidine groups is 1. The average molecular weight is 412 g/mol. The molecule has 1 rings (SSSR count). The summed E-state index contributed by atoms with van der Waals surface area (Å²) >= 11 is 5.83. The third kappa shape index (κ3) is 7.79. The zero-order valence-corrected chi connectivity index (χ0v) is 15.2. The molecule has 0 radical (unpaired) electrons. The predicted octanol–water partition coefficient (Wildman–Crippen LogP) is 3.30. The van der Waals surface area contributed by atoms with Crippen molar-refractivity contribution in [2.24, 2.45) is 4.99 Å². The zero-order chi connectivity index (χ0) is 14.1. The topological polar surface area (TPSA) is 45.7 Å². The maximum absolute atomic E-state index is 5.83. The van der Waals surface area contributed by atoms with Crippen LogP contribution in [0.2, 0.25) is 5.02 Å². The molecule has 0 aromatic heterocycles. The van der Waals surface area contributed by atoms with Crippen LogP contribution in [0.3, 0.4) is 0 Å². The van der Waals surface area contributed by atoms with Crippen molar-refractivity contribution in [1.29, 1.82) is 0 Å². The number of ether oxygens (including phenoxy) is 1. The first-order valence-corrected chi connectivity index (χ1v) is 6.97. The normalized spacial score (nSPS) is 11.0. The Balaban J connectivity index is 0.00000361. The molecule has 114 valence electrons. The first kappa shape index (κ1) is 19.3. The fraction of sp³-hybridized carbons (Fsp3) is 0.500. The highest BCUT2D eigenvalue weighted by atomic mass is 127. The van der Waals surface area contributed by atoms with Gasteiger partial charge in [0.2, 0.25) is 0 Å². The van der Waals surface area contributed by atoms with Gasteiger partial charge in [0.05, 0.1) is 6.54 Å². The van der Waals surface area contributed by atoms with Crippen LogP contribution in [-0.4, -0.2) is 31.7 Å². The van der Waals surface area contributed by atoms with Crippen LogP contribution < -0.4 is 15.4 Å². The van der Waals surface area contributed by atoms with Gasteiger partial charge in [-0.15, -0.1) is 24.0 Å². The van der Waals surface area contributed by atoms with Gasteiger partial charge < -0.3 is 15.4 Å². The molecule has 2 N–H and O–H groups in total. The highest BCUT2D eigenvalue weighted by molar-refractivity contribution is 14.0. The third-order valence-corrected chi connectivity index (χ3v) is 2.60. The second-order valence-corrected chi connectivity index (χ2v) is 4.57. The van der Waals surface area contributed by atoms with E-state index >= 15 is 0 Å². The van der Waals surface area contributed by atoms with Gasteiger partial charge in [-0.1, -0.05) is 11.6 Å². The Bertz CT molecular complexity index is 390. The van der Waals surface area contributed by atoms with E-state index in [0.717, 1.165) is 24.8 Å². The first-order chi connectivity index (χ1) is 9.15. The summed E-state index contributed by atoms with van der Waals surface area (Å²) in [4.78, 5) is 4.46. The molecule has 0 fully saturated rings. The number of nitrogens with zero attached hydrogens (tertiary/aromatic N) is 1. The minimum absolute atomic E-state index is 0. The second-order valence-electron chi connectivity index (χ2n) is 4.13. The molecule has 6 heteroatoms. The lowest BCUT2D eigenvalue weighted by molar-refractivity contribution is 0.230. The number of halogens is 2. The van der Waals surface area contributed by atoms with Crippen molar-refractivity contribution in [1.82, 2.24) is 10.6 Å². The van der Waals surface area contributed by atoms with Gasteiger partial charge in [-0.3, -0.25) is 0 Å². The quantitative estimate of drug-likeness (QED) is 0.429. The lowest BCUT2D eigenvalue weighted by Crippen LogP contribution is -2.37. The van der Waals surface area contributed by atoms with Crippen molar-refractivity contribution in [2.75, 3.05) is 19.6 Å². The van der Waals surface area contributed by atoms with Gasteiger partial charge >= 0.3 is 0 Å². The third-order valence-electron chi connectivity index (χ3n) is 2.35. The van der Waals surface area contributed by atoms with Gasteiger partial charge in [0, 0.05) is 18.1 Å². The Morgan fingerprint density at radius 1 is 1.20 bits per heavy atom. The molecule has 1 atom stereocenters. The molecule has 0 bridgehead atoms. The maximum Gasteiger partial charge on any atom is 0.191 e. The van der Waals surface area contributed by atoms with Gasteiger partial charge in [0.1, 0.15) is 11.9 Å². The van der Waals surface area contributed by atoms with E-state index in [0.29, 0.717) is 11.6 Å². The fourth-order valence-electron chi connectivity index (χ4n) is 1.51. The van der Waals surface area contributed by atoms with E-state index < -0.39 is 0 Å². The Labute approximate surface area is 143 Å². The molecule has 0 aliphatic carbocycles. The zero-order valence-electron chi connectivity index (χ0n) is 12.1. The highest BCUT2D eigenvalue weighted by Gasteiger charge is 2.04. The first-order valence-electron chi connectivity index (χ1n) is 6.60. The van der Waals surface area contributed by atoms with Crippen LogP contribution in [0, 0.1) is 0 Å². The molecule has 0 heterocycles. The molecule has 0 aliphatic rings. The van der Waals surface area contributed by atoms with Gasteiger partial charge in [0.25, 0.3) is 0 Å². The number of aliphatic imine (C=N–C) groups is 1. The molecule has 1 aromatic carbocycles. The Morgan fingerprint density at radius 3 is 2.25 bits per heavy atom. The van der Waals surface area contributed by atoms with E-state index in [4.69, 9.17) is 16.3 Å². The Hall–Kier alpha value is -0.690. The van der Waals surface area contributed by atoms with Crippen molar-refractivity contribution >= 4 is 41.5 Å². The molecule has 4 nitrogen and oxygen atoms in total. The van der Waals surface area contributed by atoms with Crippen LogP contribution in [0.5, 0.6) is 5.75 Å². The summed E-state index contributed by atoms with van der Waals surface area (Å²) < 4.78 is 5.75. The number of rotatable bonds is 6. The molecule has 0 saturated heterocycles. The molecule has 20 heavy (non-hydrogen) atoms. The highest BCUT2D eigenvalue weighted by Crippen LogP contribution is 2.16. The standard InChI is InChI=1S/C14H22ClN3O.HI/c1-4-16-14(17-5-2)18-10-11(3)19-13-8-6-12(15)7-9-13;/h6-9,11H,4-5,10H2,1-3H3,(H2,16,17,18);1H. The van der Waals surface area contributed by atoms with Crippen molar-refractivity contribution in [3.63, 3.8) is 0 Å². The largest absolute Gasteiger partial charge is 0.489 e. The maximum atomic E-state index is 5.83. The number of hydrogen-bond donors (Lipinski definition) is 2. The monoisotopic (exact) mass is 411 g/mol. The van der Waals surface area contributed by atoms with Gasteiger partial charge in [-0.25, -0.2) is 4.99 Å². The number of hydrogen-bond acceptors (Lipinski definition) is 2. The van der Waals surface area contributed by atoms with E-state index in [1.807, 2.05) is 45.0 Å². The van der Waals surface area contributed by atoms with Crippen LogP contribution in [-0.2, 0) is 0 Å². The summed E-state index contributed by atoms with van der Waals surface area (Å²) in [5.41, 5.74) is 0. The lowest BCUT2D eigenvalue weighted by atomic mass is 10.3. The van der Waals surface area contributed by atoms with Gasteiger partial charge in [-0.05, 0) is 45.0 Å². The molecule has 1 aromatic rings. The van der Waals surface area contributed by atoms with Crippen molar-refractivity contribution in [3.8, 4) is 5.75 Å². The van der Waals surface area contributed by atoms with Gasteiger partial charge in [0.15, 0.2) is 5.96 Å². The molecule has 0 amide bonds. The SMILES string of the molecule is CCNC(=NCC(C)Oc1ccc(Cl)cc1)NCC.I. The smallest absolute Gasteiger partial charge is 0.191 e. The van der Waals surface area contributed by atoms with E-state index in [9.17, 15) is 0 Å². The molecular weight excluding hydrogens is 389 g/mol. The van der Waals surface area contributed by atoms with E-state index in [1.165, 1.54) is 0 Å². The van der Waals surface area contributed by atoms with Crippen LogP contribution in [0.1, 0.15) is 20.8 Å². The summed E-state index contributed by atoms with van der Waals surface area (Å²) in [5.74, 6) is 1.62. The van der Waals surface area contributed by atoms with Crippen LogP contribution in [0.15, 0.2) is 29.3 Å². The summed E-state index contributed by atoms with van der Waals surface area (Å²) in [6, 6.07) is 7.35. The minimum atomic E-state index is 0. The van der Waals surface area contributed by atoms with E-state index in [1.54, 1.807) is 0 Å². The number of nitrogens with one attached hydrogen (secondary N) is 2. The van der Waals surface area contributed by atoms with Crippen molar-refractivity contribution < 1.29 is 4.74 Å². The van der Waals surface area contributed by atoms with Crippen LogP contribution >= 0.6 is 35.6 Å². The lowest BCUT2D eigenvalue weighted by Gasteiger charge is -2.14. The average Bonchev–Trinajstić information content (AvgIpc) is 2.39. The predicted molar refractivity (Wildman–Crippen MR) is 96.6 cm³/mol. The van der Waals surface area contributed by atoms with Crippen molar-refractivity contribution in [3.05, 3.63) is 29.3 Å². The summed E-state index contributed by atoms with van der Waals surface area (Å²) in [6.45, 7) is 8.36. The molecule has 0 saturated carbocycles. The Kier molecular flexibility index (Phi) is 10.6. The summed E-state index contributed by atoms with van der Waals surface area (Å²) in [6.07, 6.45) is 0.00786. The van der Waals surface area contributed by atoms with Crippen LogP contribution in [0.4, 0.5) is 0 Å². The van der Waals surface area contributed by atoms with E-state index in [-0.39, 0.29) is 30.1 Å². The molecular formula is C14H23ClIN3O. The Morgan fingerprint density at radius 2 is 1.75 bits per heavy atom.